The van der Waals surface area contributed by atoms with Crippen molar-refractivity contribution < 1.29 is 34.1 Å². The first-order chi connectivity index (χ1) is 23.4. The molecule has 0 aromatic rings. The first-order valence-corrected chi connectivity index (χ1v) is 19.8. The number of Topliss-reactive ketones (excluding diaryl/α,β-unsaturated/α-hetero) is 1. The van der Waals surface area contributed by atoms with Crippen LogP contribution in [-0.4, -0.2) is 70.1 Å². The van der Waals surface area contributed by atoms with Crippen LogP contribution in [0.4, 0.5) is 0 Å². The molecule has 9 unspecified atom stereocenters. The highest BCUT2D eigenvalue weighted by Crippen LogP contribution is 2.77. The maximum Gasteiger partial charge on any atom is 0.309 e. The van der Waals surface area contributed by atoms with Crippen LogP contribution in [0.2, 0.25) is 0 Å². The van der Waals surface area contributed by atoms with Crippen LogP contribution < -0.4 is 5.73 Å². The summed E-state index contributed by atoms with van der Waals surface area (Å²) in [5, 5.41) is 21.8. The second-order valence-electron chi connectivity index (χ2n) is 19.9. The van der Waals surface area contributed by atoms with Gasteiger partial charge in [0.2, 0.25) is 5.91 Å². The maximum atomic E-state index is 14.0. The van der Waals surface area contributed by atoms with Gasteiger partial charge in [-0.1, -0.05) is 54.0 Å². The van der Waals surface area contributed by atoms with Gasteiger partial charge in [0.15, 0.2) is 5.78 Å². The predicted octanol–water partition coefficient (Wildman–Crippen LogP) is 6.94. The normalized spacial score (nSPS) is 38.1. The Kier molecular flexibility index (Phi) is 10.4. The third-order valence-corrected chi connectivity index (χ3v) is 16.0. The predicted molar refractivity (Wildman–Crippen MR) is 197 cm³/mol. The highest BCUT2D eigenvalue weighted by molar-refractivity contribution is 6.00. The molecule has 9 atom stereocenters. The molecule has 4 N–H and O–H groups in total. The molecule has 4 saturated carbocycles. The molecule has 0 bridgehead atoms. The zero-order valence-corrected chi connectivity index (χ0v) is 33.5. The van der Waals surface area contributed by atoms with E-state index in [0.717, 1.165) is 56.9 Å². The van der Waals surface area contributed by atoms with Crippen LogP contribution in [0, 0.1) is 56.2 Å². The van der Waals surface area contributed by atoms with Crippen LogP contribution in [0.3, 0.4) is 0 Å². The first kappa shape index (κ1) is 39.9. The molecular weight excluding hydrogens is 644 g/mol. The lowest BCUT2D eigenvalue weighted by atomic mass is 9.33. The highest BCUT2D eigenvalue weighted by Gasteiger charge is 2.71. The number of nitrogens with two attached hydrogens (primary N) is 1. The molecule has 5 aliphatic carbocycles. The summed E-state index contributed by atoms with van der Waals surface area (Å²) in [6.07, 6.45) is 6.45. The lowest BCUT2D eigenvalue weighted by Crippen LogP contribution is -2.66. The summed E-state index contributed by atoms with van der Waals surface area (Å²) in [5.41, 5.74) is 5.74. The van der Waals surface area contributed by atoms with Gasteiger partial charge in [-0.15, -0.1) is 0 Å². The van der Waals surface area contributed by atoms with E-state index in [-0.39, 0.29) is 76.8 Å². The van der Waals surface area contributed by atoms with Gasteiger partial charge in [0.05, 0.1) is 24.5 Å². The molecule has 0 aliphatic heterocycles. The van der Waals surface area contributed by atoms with Crippen molar-refractivity contribution in [2.45, 2.75) is 159 Å². The molecule has 9 heteroatoms. The molecule has 0 saturated heterocycles. The molecule has 4 fully saturated rings. The number of ketones is 1. The van der Waals surface area contributed by atoms with Crippen molar-refractivity contribution in [1.82, 2.24) is 4.90 Å². The number of aliphatic hydroxyl groups excluding tert-OH is 1. The van der Waals surface area contributed by atoms with Gasteiger partial charge in [0.25, 0.3) is 0 Å². The monoisotopic (exact) mass is 713 g/mol. The summed E-state index contributed by atoms with van der Waals surface area (Å²) in [4.78, 5) is 53.4. The van der Waals surface area contributed by atoms with Gasteiger partial charge >= 0.3 is 11.9 Å². The third-order valence-electron chi connectivity index (χ3n) is 16.0. The van der Waals surface area contributed by atoms with E-state index in [9.17, 15) is 29.4 Å². The first-order valence-electron chi connectivity index (χ1n) is 19.8. The number of allylic oxidation sites excluding steroid dienone is 1. The number of fused-ring (bicyclic) bond motifs is 7. The van der Waals surface area contributed by atoms with Crippen molar-refractivity contribution in [2.75, 3.05) is 13.1 Å². The number of carboxylic acids is 1. The standard InChI is InChI=1S/C42H68N2O7/c1-24(2)34-27(45)20-42(30(46)23-44(25(3)4)32(47)22-43)19-18-40(10)26(35(34)42)12-13-29-39(9)16-15-31(51-33(48)21-37(5,6)36(49)50)38(7,8)28(39)14-17-41(29,40)11/h24-26,28-31,46H,12-23,43H2,1-11H3,(H,49,50). The zero-order chi connectivity index (χ0) is 38.3. The van der Waals surface area contributed by atoms with Gasteiger partial charge in [-0.3, -0.25) is 19.2 Å². The minimum atomic E-state index is -1.18. The van der Waals surface area contributed by atoms with E-state index in [1.807, 2.05) is 13.8 Å². The summed E-state index contributed by atoms with van der Waals surface area (Å²) in [6, 6.07) is -0.111. The molecule has 51 heavy (non-hydrogen) atoms. The van der Waals surface area contributed by atoms with E-state index in [4.69, 9.17) is 10.5 Å². The number of carbonyl (C=O) groups excluding carboxylic acids is 3. The Morgan fingerprint density at radius 1 is 0.922 bits per heavy atom. The molecule has 0 aromatic carbocycles. The van der Waals surface area contributed by atoms with Crippen molar-refractivity contribution in [3.05, 3.63) is 11.1 Å². The number of hydrogen-bond donors (Lipinski definition) is 3. The van der Waals surface area contributed by atoms with Crippen molar-refractivity contribution >= 4 is 23.6 Å². The summed E-state index contributed by atoms with van der Waals surface area (Å²) in [6.45, 7) is 23.3. The maximum absolute atomic E-state index is 14.0. The second-order valence-corrected chi connectivity index (χ2v) is 19.9. The topological polar surface area (TPSA) is 147 Å². The van der Waals surface area contributed by atoms with Crippen molar-refractivity contribution in [1.29, 1.82) is 0 Å². The Hall–Kier alpha value is -2.26. The molecule has 9 nitrogen and oxygen atoms in total. The van der Waals surface area contributed by atoms with E-state index in [0.29, 0.717) is 18.3 Å². The fourth-order valence-corrected chi connectivity index (χ4v) is 13.0. The fraction of sp³-hybridized carbons (Fsp3) is 0.857. The van der Waals surface area contributed by atoms with Crippen LogP contribution in [0.25, 0.3) is 0 Å². The van der Waals surface area contributed by atoms with Gasteiger partial charge in [-0.2, -0.15) is 0 Å². The van der Waals surface area contributed by atoms with Gasteiger partial charge in [-0.25, -0.2) is 0 Å². The van der Waals surface area contributed by atoms with E-state index in [2.05, 4.69) is 48.5 Å². The fourth-order valence-electron chi connectivity index (χ4n) is 13.0. The van der Waals surface area contributed by atoms with E-state index in [1.165, 1.54) is 5.57 Å². The summed E-state index contributed by atoms with van der Waals surface area (Å²) in [7, 11) is 0. The van der Waals surface area contributed by atoms with Gasteiger partial charge < -0.3 is 25.6 Å². The van der Waals surface area contributed by atoms with E-state index < -0.39 is 28.9 Å². The minimum absolute atomic E-state index is 0.00357. The van der Waals surface area contributed by atoms with Crippen LogP contribution in [0.5, 0.6) is 0 Å². The number of carbonyl (C=O) groups is 4. The average Bonchev–Trinajstić information content (AvgIpc) is 3.34. The highest BCUT2D eigenvalue weighted by atomic mass is 16.5. The number of ether oxygens (including phenoxy) is 1. The van der Waals surface area contributed by atoms with E-state index >= 15 is 0 Å². The number of aliphatic hydroxyl groups is 1. The molecule has 0 heterocycles. The Balaban J connectivity index is 1.47. The SMILES string of the molecule is CC(C)C1=C2C3CCC4C5(C)CCC(OC(=O)CC(C)(C)C(=O)O)C(C)(C)C5CCC4(C)C3(C)CCC2(C(O)CN(C(=O)CN)C(C)C)CC1=O. The largest absolute Gasteiger partial charge is 0.481 e. The second kappa shape index (κ2) is 13.2. The Morgan fingerprint density at radius 2 is 1.57 bits per heavy atom. The van der Waals surface area contributed by atoms with Gasteiger partial charge in [0.1, 0.15) is 6.10 Å². The quantitative estimate of drug-likeness (QED) is 0.207. The molecule has 0 aromatic heterocycles. The Morgan fingerprint density at radius 3 is 2.14 bits per heavy atom. The van der Waals surface area contributed by atoms with Crippen LogP contribution in [0.1, 0.15) is 140 Å². The summed E-state index contributed by atoms with van der Waals surface area (Å²) in [5.74, 6) is -0.451. The molecule has 288 valence electrons. The smallest absolute Gasteiger partial charge is 0.309 e. The third kappa shape index (κ3) is 6.03. The van der Waals surface area contributed by atoms with Crippen LogP contribution in [-0.2, 0) is 23.9 Å². The number of aliphatic carboxylic acids is 1. The van der Waals surface area contributed by atoms with Crippen molar-refractivity contribution in [3.63, 3.8) is 0 Å². The van der Waals surface area contributed by atoms with Crippen LogP contribution in [0.15, 0.2) is 11.1 Å². The van der Waals surface area contributed by atoms with Crippen LogP contribution >= 0.6 is 0 Å². The number of hydrogen-bond acceptors (Lipinski definition) is 7. The van der Waals surface area contributed by atoms with E-state index in [1.54, 1.807) is 18.7 Å². The molecule has 0 spiro atoms. The summed E-state index contributed by atoms with van der Waals surface area (Å²) < 4.78 is 6.15. The minimum Gasteiger partial charge on any atom is -0.481 e. The zero-order valence-electron chi connectivity index (χ0n) is 33.5. The molecule has 0 radical (unpaired) electrons. The summed E-state index contributed by atoms with van der Waals surface area (Å²) >= 11 is 0. The molecular formula is C42H68N2O7. The number of nitrogens with zero attached hydrogens (tertiary/aromatic N) is 1. The van der Waals surface area contributed by atoms with Gasteiger partial charge in [-0.05, 0) is 125 Å². The number of esters is 1. The molecule has 5 rings (SSSR count). The number of carboxylic acid groups (broad SMARTS) is 1. The van der Waals surface area contributed by atoms with Gasteiger partial charge in [0, 0.05) is 29.8 Å². The molecule has 1 amide bonds. The average molecular weight is 713 g/mol. The van der Waals surface area contributed by atoms with Crippen molar-refractivity contribution in [3.8, 4) is 0 Å². The van der Waals surface area contributed by atoms with Crippen molar-refractivity contribution in [2.24, 2.45) is 61.9 Å². The lowest BCUT2D eigenvalue weighted by Gasteiger charge is -2.72. The number of amides is 1. The molecule has 5 aliphatic rings. The Labute approximate surface area is 306 Å². The number of rotatable bonds is 10. The lowest BCUT2D eigenvalue weighted by molar-refractivity contribution is -0.235. The Bertz CT molecular complexity index is 1460.